The van der Waals surface area contributed by atoms with Crippen molar-refractivity contribution < 1.29 is 18.9 Å². The van der Waals surface area contributed by atoms with Crippen LogP contribution in [0.2, 0.25) is 0 Å². The molecule has 72 valence electrons. The zero-order chi connectivity index (χ0) is 9.47. The van der Waals surface area contributed by atoms with E-state index >= 15 is 0 Å². The van der Waals surface area contributed by atoms with Gasteiger partial charge in [-0.1, -0.05) is 0 Å². The lowest BCUT2D eigenvalue weighted by Crippen LogP contribution is -2.45. The van der Waals surface area contributed by atoms with E-state index in [1.807, 2.05) is 0 Å². The minimum atomic E-state index is -0.492. The van der Waals surface area contributed by atoms with Crippen molar-refractivity contribution in [1.82, 2.24) is 0 Å². The van der Waals surface area contributed by atoms with Gasteiger partial charge in [0.25, 0.3) is 0 Å². The van der Waals surface area contributed by atoms with Gasteiger partial charge in [0.2, 0.25) is 0 Å². The van der Waals surface area contributed by atoms with Crippen LogP contribution >= 0.6 is 0 Å². The first-order chi connectivity index (χ1) is 6.23. The summed E-state index contributed by atoms with van der Waals surface area (Å²) in [6.45, 7) is 0.952. The van der Waals surface area contributed by atoms with Crippen molar-refractivity contribution >= 4 is 7.85 Å². The maximum absolute atomic E-state index is 5.72. The van der Waals surface area contributed by atoms with Gasteiger partial charge >= 0.3 is 0 Å². The van der Waals surface area contributed by atoms with Crippen molar-refractivity contribution in [2.75, 3.05) is 27.4 Å². The lowest BCUT2D eigenvalue weighted by molar-refractivity contribution is -0.144. The molecule has 2 rings (SSSR count). The summed E-state index contributed by atoms with van der Waals surface area (Å²) < 4.78 is 21.5. The van der Waals surface area contributed by atoms with Crippen LogP contribution in [0.1, 0.15) is 0 Å². The molecule has 0 aromatic heterocycles. The highest BCUT2D eigenvalue weighted by molar-refractivity contribution is 6.11. The summed E-state index contributed by atoms with van der Waals surface area (Å²) in [4.78, 5) is 0. The van der Waals surface area contributed by atoms with Gasteiger partial charge < -0.3 is 18.9 Å². The molecule has 0 aromatic rings. The van der Waals surface area contributed by atoms with Gasteiger partial charge in [-0.15, -0.1) is 0 Å². The molecule has 4 atom stereocenters. The third kappa shape index (κ3) is 1.22. The highest BCUT2D eigenvalue weighted by Gasteiger charge is 2.60. The zero-order valence-corrected chi connectivity index (χ0v) is 7.86. The lowest BCUT2D eigenvalue weighted by atomic mass is 9.92. The molecule has 2 aliphatic rings. The van der Waals surface area contributed by atoms with Crippen LogP contribution in [0.3, 0.4) is 0 Å². The molecule has 4 nitrogen and oxygen atoms in total. The molecule has 2 saturated heterocycles. The summed E-state index contributed by atoms with van der Waals surface area (Å²) in [6, 6.07) is -0.395. The Morgan fingerprint density at radius 2 is 2.31 bits per heavy atom. The van der Waals surface area contributed by atoms with E-state index in [1.165, 1.54) is 0 Å². The Bertz CT molecular complexity index is 201. The number of hydrogen-bond donors (Lipinski definition) is 0. The van der Waals surface area contributed by atoms with E-state index in [0.29, 0.717) is 13.2 Å². The molecule has 2 fully saturated rings. The monoisotopic (exact) mass is 184 g/mol. The molecule has 2 bridgehead atoms. The Morgan fingerprint density at radius 3 is 2.85 bits per heavy atom. The fourth-order valence-corrected chi connectivity index (χ4v) is 2.16. The predicted molar refractivity (Wildman–Crippen MR) is 45.8 cm³/mol. The lowest BCUT2D eigenvalue weighted by Gasteiger charge is -2.29. The normalized spacial score (nSPS) is 48.6. The van der Waals surface area contributed by atoms with E-state index in [4.69, 9.17) is 26.8 Å². The Hall–Kier alpha value is -0.0951. The van der Waals surface area contributed by atoms with E-state index in [0.717, 1.165) is 0 Å². The van der Waals surface area contributed by atoms with Gasteiger partial charge in [-0.2, -0.15) is 0 Å². The van der Waals surface area contributed by atoms with Gasteiger partial charge in [-0.05, 0) is 0 Å². The highest BCUT2D eigenvalue weighted by Crippen LogP contribution is 2.40. The van der Waals surface area contributed by atoms with E-state index in [1.54, 1.807) is 14.2 Å². The zero-order valence-electron chi connectivity index (χ0n) is 7.86. The SMILES string of the molecule is [B][C@@H]1O[C@]2(COC)COC1[C@@H]2OC. The van der Waals surface area contributed by atoms with Crippen molar-refractivity contribution in [1.29, 1.82) is 0 Å². The third-order valence-electron chi connectivity index (χ3n) is 2.67. The fourth-order valence-electron chi connectivity index (χ4n) is 2.16. The summed E-state index contributed by atoms with van der Waals surface area (Å²) in [6.07, 6.45) is -0.261. The summed E-state index contributed by atoms with van der Waals surface area (Å²) in [5, 5.41) is 0. The maximum atomic E-state index is 5.72. The van der Waals surface area contributed by atoms with Crippen LogP contribution in [0, 0.1) is 0 Å². The molecule has 5 heteroatoms. The van der Waals surface area contributed by atoms with Gasteiger partial charge in [0.05, 0.1) is 13.2 Å². The third-order valence-corrected chi connectivity index (χ3v) is 2.67. The van der Waals surface area contributed by atoms with Crippen molar-refractivity contribution in [2.24, 2.45) is 0 Å². The molecule has 0 amide bonds. The molecule has 0 N–H and O–H groups in total. The number of fused-ring (bicyclic) bond motifs is 2. The molecular weight excluding hydrogens is 171 g/mol. The molecular formula is C8H13BO4. The average Bonchev–Trinajstić information content (AvgIpc) is 2.55. The largest absolute Gasteiger partial charge is 0.381 e. The number of rotatable bonds is 3. The maximum Gasteiger partial charge on any atom is 0.143 e. The van der Waals surface area contributed by atoms with Crippen LogP contribution < -0.4 is 0 Å². The Labute approximate surface area is 78.9 Å². The molecule has 0 saturated carbocycles. The van der Waals surface area contributed by atoms with Crippen molar-refractivity contribution in [3.63, 3.8) is 0 Å². The first kappa shape index (κ1) is 9.46. The predicted octanol–water partition coefficient (Wildman–Crippen LogP) is -0.690. The number of ether oxygens (including phenoxy) is 4. The second kappa shape index (κ2) is 3.24. The van der Waals surface area contributed by atoms with Crippen LogP contribution in [0.25, 0.3) is 0 Å². The first-order valence-electron chi connectivity index (χ1n) is 4.30. The Kier molecular flexibility index (Phi) is 2.36. The molecule has 2 aliphatic heterocycles. The van der Waals surface area contributed by atoms with Crippen LogP contribution in [-0.2, 0) is 18.9 Å². The van der Waals surface area contributed by atoms with Crippen molar-refractivity contribution in [3.8, 4) is 0 Å². The molecule has 2 radical (unpaired) electrons. The van der Waals surface area contributed by atoms with Crippen LogP contribution in [0.15, 0.2) is 0 Å². The van der Waals surface area contributed by atoms with Crippen molar-refractivity contribution in [3.05, 3.63) is 0 Å². The van der Waals surface area contributed by atoms with Gasteiger partial charge in [-0.25, -0.2) is 0 Å². The van der Waals surface area contributed by atoms with E-state index in [-0.39, 0.29) is 12.2 Å². The second-order valence-corrected chi connectivity index (χ2v) is 3.51. The fraction of sp³-hybridized carbons (Fsp3) is 1.00. The van der Waals surface area contributed by atoms with E-state index < -0.39 is 11.6 Å². The summed E-state index contributed by atoms with van der Waals surface area (Å²) in [5.74, 6) is 0. The standard InChI is InChI=1S/C8H13BO4/c1-10-3-8-4-12-5(6(8)11-2)7(9)13-8/h5-7H,3-4H2,1-2H3/t5?,6-,7+,8+/m0/s1. The van der Waals surface area contributed by atoms with Gasteiger partial charge in [0.1, 0.15) is 25.7 Å². The molecule has 0 spiro atoms. The first-order valence-corrected chi connectivity index (χ1v) is 4.30. The molecule has 13 heavy (non-hydrogen) atoms. The summed E-state index contributed by atoms with van der Waals surface area (Å²) in [5.41, 5.74) is -0.492. The van der Waals surface area contributed by atoms with Gasteiger partial charge in [0, 0.05) is 20.2 Å². The number of methoxy groups -OCH3 is 2. The minimum Gasteiger partial charge on any atom is -0.381 e. The topological polar surface area (TPSA) is 36.9 Å². The van der Waals surface area contributed by atoms with Crippen molar-refractivity contribution in [2.45, 2.75) is 23.8 Å². The Morgan fingerprint density at radius 1 is 1.54 bits per heavy atom. The average molecular weight is 184 g/mol. The molecule has 1 unspecified atom stereocenters. The quantitative estimate of drug-likeness (QED) is 0.544. The van der Waals surface area contributed by atoms with Crippen LogP contribution in [0.5, 0.6) is 0 Å². The number of hydrogen-bond acceptors (Lipinski definition) is 4. The van der Waals surface area contributed by atoms with E-state index in [2.05, 4.69) is 0 Å². The van der Waals surface area contributed by atoms with E-state index in [9.17, 15) is 0 Å². The molecule has 2 heterocycles. The van der Waals surface area contributed by atoms with Gasteiger partial charge in [0.15, 0.2) is 0 Å². The smallest absolute Gasteiger partial charge is 0.143 e. The summed E-state index contributed by atoms with van der Waals surface area (Å²) in [7, 11) is 8.98. The van der Waals surface area contributed by atoms with Gasteiger partial charge in [-0.3, -0.25) is 0 Å². The minimum absolute atomic E-state index is 0.109. The Balaban J connectivity index is 2.17. The van der Waals surface area contributed by atoms with Crippen LogP contribution in [-0.4, -0.2) is 59.1 Å². The molecule has 0 aliphatic carbocycles. The van der Waals surface area contributed by atoms with Crippen LogP contribution in [0.4, 0.5) is 0 Å². The second-order valence-electron chi connectivity index (χ2n) is 3.51. The highest BCUT2D eigenvalue weighted by atomic mass is 16.7. The summed E-state index contributed by atoms with van der Waals surface area (Å²) >= 11 is 0. The molecule has 0 aromatic carbocycles.